The summed E-state index contributed by atoms with van der Waals surface area (Å²) >= 11 is 0. The summed E-state index contributed by atoms with van der Waals surface area (Å²) in [4.78, 5) is 2.48. The number of hydrogen-bond donors (Lipinski definition) is 1. The largest absolute Gasteiger partial charge is 0.380 e. The average Bonchev–Trinajstić information content (AvgIpc) is 2.26. The van der Waals surface area contributed by atoms with Crippen molar-refractivity contribution in [2.45, 2.75) is 67.5 Å². The van der Waals surface area contributed by atoms with Crippen molar-refractivity contribution < 1.29 is 4.74 Å². The van der Waals surface area contributed by atoms with Crippen molar-refractivity contribution in [1.82, 2.24) is 10.2 Å². The molecule has 0 amide bonds. The van der Waals surface area contributed by atoms with Crippen LogP contribution < -0.4 is 5.32 Å². The van der Waals surface area contributed by atoms with E-state index in [0.717, 1.165) is 32.8 Å². The second-order valence-corrected chi connectivity index (χ2v) is 7.67. The Morgan fingerprint density at radius 1 is 1.00 bits per heavy atom. The fourth-order valence-electron chi connectivity index (χ4n) is 2.38. The van der Waals surface area contributed by atoms with E-state index in [1.165, 1.54) is 0 Å². The van der Waals surface area contributed by atoms with Gasteiger partial charge >= 0.3 is 0 Å². The fraction of sp³-hybridized carbons (Fsp3) is 1.00. The highest BCUT2D eigenvalue weighted by Crippen LogP contribution is 2.14. The monoisotopic (exact) mass is 286 g/mol. The molecule has 0 aliphatic carbocycles. The van der Waals surface area contributed by atoms with E-state index in [2.05, 4.69) is 65.6 Å². The Morgan fingerprint density at radius 3 is 2.00 bits per heavy atom. The molecule has 1 N–H and O–H groups in total. The van der Waals surface area contributed by atoms with Crippen LogP contribution in [-0.4, -0.2) is 49.8 Å². The first-order valence-corrected chi connectivity index (χ1v) is 8.20. The quantitative estimate of drug-likeness (QED) is 0.589. The molecule has 0 aromatic carbocycles. The van der Waals surface area contributed by atoms with E-state index in [1.807, 2.05) is 0 Å². The van der Waals surface area contributed by atoms with E-state index in [0.29, 0.717) is 18.0 Å². The Morgan fingerprint density at radius 2 is 1.55 bits per heavy atom. The van der Waals surface area contributed by atoms with Gasteiger partial charge in [-0.25, -0.2) is 0 Å². The average molecular weight is 287 g/mol. The Labute approximate surface area is 127 Å². The van der Waals surface area contributed by atoms with Gasteiger partial charge in [0.15, 0.2) is 0 Å². The summed E-state index contributed by atoms with van der Waals surface area (Å²) in [6.07, 6.45) is 0. The lowest BCUT2D eigenvalue weighted by atomic mass is 9.94. The maximum Gasteiger partial charge on any atom is 0.0593 e. The molecule has 3 heteroatoms. The fourth-order valence-corrected chi connectivity index (χ4v) is 2.38. The Hall–Kier alpha value is -0.120. The van der Waals surface area contributed by atoms with Gasteiger partial charge in [0.25, 0.3) is 0 Å². The summed E-state index contributed by atoms with van der Waals surface area (Å²) in [5.74, 6) is 0.706. The van der Waals surface area contributed by atoms with Gasteiger partial charge < -0.3 is 10.1 Å². The standard InChI is InChI=1S/C17H38N2O/c1-14(2)11-18-12-17(7,8)13-20-10-9-19(15(3)4)16(5)6/h14-16,18H,9-13H2,1-8H3. The second-order valence-electron chi connectivity index (χ2n) is 7.67. The molecule has 0 aromatic heterocycles. The van der Waals surface area contributed by atoms with Crippen molar-refractivity contribution in [3.63, 3.8) is 0 Å². The van der Waals surface area contributed by atoms with Gasteiger partial charge in [-0.15, -0.1) is 0 Å². The van der Waals surface area contributed by atoms with Crippen LogP contribution in [0.5, 0.6) is 0 Å². The van der Waals surface area contributed by atoms with Gasteiger partial charge in [0.2, 0.25) is 0 Å². The van der Waals surface area contributed by atoms with Crippen LogP contribution in [0.3, 0.4) is 0 Å². The predicted octanol–water partition coefficient (Wildman–Crippen LogP) is 3.39. The third kappa shape index (κ3) is 9.73. The van der Waals surface area contributed by atoms with Gasteiger partial charge in [-0.05, 0) is 40.2 Å². The highest BCUT2D eigenvalue weighted by molar-refractivity contribution is 4.72. The summed E-state index contributed by atoms with van der Waals surface area (Å²) in [6, 6.07) is 1.17. The van der Waals surface area contributed by atoms with Crippen LogP contribution in [0.15, 0.2) is 0 Å². The van der Waals surface area contributed by atoms with Crippen molar-refractivity contribution in [3.8, 4) is 0 Å². The summed E-state index contributed by atoms with van der Waals surface area (Å²) < 4.78 is 5.91. The van der Waals surface area contributed by atoms with Gasteiger partial charge in [0, 0.05) is 30.6 Å². The number of nitrogens with zero attached hydrogens (tertiary/aromatic N) is 1. The molecule has 0 fully saturated rings. The molecule has 0 rings (SSSR count). The first-order chi connectivity index (χ1) is 9.15. The number of ether oxygens (including phenoxy) is 1. The normalized spacial score (nSPS) is 13.2. The van der Waals surface area contributed by atoms with E-state index in [4.69, 9.17) is 4.74 Å². The molecule has 20 heavy (non-hydrogen) atoms. The molecule has 122 valence electrons. The van der Waals surface area contributed by atoms with E-state index >= 15 is 0 Å². The first kappa shape index (κ1) is 19.9. The van der Waals surface area contributed by atoms with Gasteiger partial charge in [-0.3, -0.25) is 4.90 Å². The third-order valence-electron chi connectivity index (χ3n) is 3.47. The van der Waals surface area contributed by atoms with Crippen molar-refractivity contribution in [2.24, 2.45) is 11.3 Å². The lowest BCUT2D eigenvalue weighted by Crippen LogP contribution is -2.40. The molecule has 0 aliphatic rings. The van der Waals surface area contributed by atoms with Crippen molar-refractivity contribution >= 4 is 0 Å². The Bertz CT molecular complexity index is 229. The first-order valence-electron chi connectivity index (χ1n) is 8.20. The van der Waals surface area contributed by atoms with E-state index in [1.54, 1.807) is 0 Å². The van der Waals surface area contributed by atoms with Gasteiger partial charge in [-0.1, -0.05) is 27.7 Å². The number of hydrogen-bond acceptors (Lipinski definition) is 3. The van der Waals surface area contributed by atoms with Crippen molar-refractivity contribution in [1.29, 1.82) is 0 Å². The SMILES string of the molecule is CC(C)CNCC(C)(C)COCCN(C(C)C)C(C)C. The molecule has 0 saturated heterocycles. The summed E-state index contributed by atoms with van der Waals surface area (Å²) in [7, 11) is 0. The highest BCUT2D eigenvalue weighted by atomic mass is 16.5. The molecule has 0 spiro atoms. The molecule has 0 aromatic rings. The maximum atomic E-state index is 5.91. The lowest BCUT2D eigenvalue weighted by Gasteiger charge is -2.31. The summed E-state index contributed by atoms with van der Waals surface area (Å²) in [5.41, 5.74) is 0.204. The summed E-state index contributed by atoms with van der Waals surface area (Å²) in [5, 5.41) is 3.52. The second kappa shape index (κ2) is 9.75. The van der Waals surface area contributed by atoms with Crippen LogP contribution in [0.1, 0.15) is 55.4 Å². The minimum absolute atomic E-state index is 0.204. The van der Waals surface area contributed by atoms with Gasteiger partial charge in [0.1, 0.15) is 0 Å². The van der Waals surface area contributed by atoms with Crippen LogP contribution in [0.25, 0.3) is 0 Å². The Balaban J connectivity index is 3.86. The molecule has 0 unspecified atom stereocenters. The summed E-state index contributed by atoms with van der Waals surface area (Å²) in [6.45, 7) is 22.8. The molecule has 0 saturated carbocycles. The lowest BCUT2D eigenvalue weighted by molar-refractivity contribution is 0.0352. The molecular weight excluding hydrogens is 248 g/mol. The third-order valence-corrected chi connectivity index (χ3v) is 3.47. The number of rotatable bonds is 11. The minimum atomic E-state index is 0.204. The van der Waals surface area contributed by atoms with Crippen LogP contribution >= 0.6 is 0 Å². The molecule has 0 bridgehead atoms. The molecule has 0 radical (unpaired) electrons. The smallest absolute Gasteiger partial charge is 0.0593 e. The van der Waals surface area contributed by atoms with E-state index < -0.39 is 0 Å². The zero-order valence-electron chi connectivity index (χ0n) is 15.1. The highest BCUT2D eigenvalue weighted by Gasteiger charge is 2.18. The van der Waals surface area contributed by atoms with E-state index in [9.17, 15) is 0 Å². The maximum absolute atomic E-state index is 5.91. The molecule has 0 atom stereocenters. The topological polar surface area (TPSA) is 24.5 Å². The minimum Gasteiger partial charge on any atom is -0.380 e. The van der Waals surface area contributed by atoms with Crippen LogP contribution in [-0.2, 0) is 4.74 Å². The molecule has 0 aliphatic heterocycles. The molecular formula is C17H38N2O. The zero-order chi connectivity index (χ0) is 15.8. The van der Waals surface area contributed by atoms with Crippen LogP contribution in [0, 0.1) is 11.3 Å². The molecule has 0 heterocycles. The molecule has 3 nitrogen and oxygen atoms in total. The van der Waals surface area contributed by atoms with Gasteiger partial charge in [0.05, 0.1) is 13.2 Å². The van der Waals surface area contributed by atoms with Crippen molar-refractivity contribution in [3.05, 3.63) is 0 Å². The van der Waals surface area contributed by atoms with Crippen LogP contribution in [0.4, 0.5) is 0 Å². The number of nitrogens with one attached hydrogen (secondary N) is 1. The zero-order valence-corrected chi connectivity index (χ0v) is 15.1. The van der Waals surface area contributed by atoms with Gasteiger partial charge in [-0.2, -0.15) is 0 Å². The van der Waals surface area contributed by atoms with E-state index in [-0.39, 0.29) is 5.41 Å². The van der Waals surface area contributed by atoms with Crippen LogP contribution in [0.2, 0.25) is 0 Å². The Kier molecular flexibility index (Phi) is 9.69. The predicted molar refractivity (Wildman–Crippen MR) is 89.3 cm³/mol. The van der Waals surface area contributed by atoms with Crippen molar-refractivity contribution in [2.75, 3.05) is 32.8 Å².